The molecular weight excluding hydrogens is 362 g/mol. The van der Waals surface area contributed by atoms with Gasteiger partial charge in [0.2, 0.25) is 0 Å². The van der Waals surface area contributed by atoms with E-state index in [9.17, 15) is 36.2 Å². The quantitative estimate of drug-likeness (QED) is 0.331. The summed E-state index contributed by atoms with van der Waals surface area (Å²) in [4.78, 5) is 12.5. The van der Waals surface area contributed by atoms with Crippen LogP contribution in [0.3, 0.4) is 0 Å². The first kappa shape index (κ1) is 22.8. The van der Waals surface area contributed by atoms with Crippen LogP contribution in [0.4, 0.5) is 26.3 Å². The molecule has 1 saturated carbocycles. The molecule has 0 bridgehead atoms. The van der Waals surface area contributed by atoms with Gasteiger partial charge in [0.25, 0.3) is 0 Å². The summed E-state index contributed by atoms with van der Waals surface area (Å²) in [6.07, 6.45) is -10.6. The number of hydrogen-bond donors (Lipinski definition) is 1. The Morgan fingerprint density at radius 1 is 0.923 bits per heavy atom. The van der Waals surface area contributed by atoms with E-state index in [4.69, 9.17) is 0 Å². The maximum absolute atomic E-state index is 12.7. The predicted octanol–water partition coefficient (Wildman–Crippen LogP) is 6.52. The van der Waals surface area contributed by atoms with E-state index in [2.05, 4.69) is 0 Å². The smallest absolute Gasteiger partial charge is 0.390 e. The zero-order chi connectivity index (χ0) is 20.6. The van der Waals surface area contributed by atoms with Gasteiger partial charge < -0.3 is 5.11 Å². The minimum absolute atomic E-state index is 0.0344. The van der Waals surface area contributed by atoms with Crippen LogP contribution < -0.4 is 0 Å². The van der Waals surface area contributed by atoms with Crippen LogP contribution in [0.25, 0.3) is 0 Å². The maximum atomic E-state index is 12.7. The Kier molecular flexibility index (Phi) is 6.21. The van der Waals surface area contributed by atoms with Gasteiger partial charge >= 0.3 is 12.4 Å². The van der Waals surface area contributed by atoms with Gasteiger partial charge in [-0.3, -0.25) is 4.79 Å². The van der Waals surface area contributed by atoms with Gasteiger partial charge in [0.05, 0.1) is 12.8 Å². The van der Waals surface area contributed by atoms with Crippen molar-refractivity contribution in [3.63, 3.8) is 0 Å². The van der Waals surface area contributed by atoms with E-state index < -0.39 is 47.6 Å². The number of carbonyl (C=O) groups is 1. The highest BCUT2D eigenvalue weighted by atomic mass is 19.4. The number of carbonyl (C=O) groups excluding carboxylic acids is 1. The number of aliphatic hydroxyl groups is 1. The lowest BCUT2D eigenvalue weighted by Gasteiger charge is -2.40. The van der Waals surface area contributed by atoms with Gasteiger partial charge in [-0.25, -0.2) is 0 Å². The summed E-state index contributed by atoms with van der Waals surface area (Å²) in [6.45, 7) is 6.39. The van der Waals surface area contributed by atoms with E-state index >= 15 is 0 Å². The second-order valence-electron chi connectivity index (χ2n) is 8.76. The molecule has 0 aromatic rings. The number of halogens is 6. The average Bonchev–Trinajstić information content (AvgIpc) is 2.38. The molecule has 0 aromatic carbocycles. The monoisotopic (exact) mass is 388 g/mol. The van der Waals surface area contributed by atoms with Crippen LogP contribution in [-0.4, -0.2) is 23.2 Å². The third-order valence-corrected chi connectivity index (χ3v) is 5.37. The molecule has 1 aliphatic rings. The standard InChI is InChI=1S/C18H26F6O2/c1-14(2)5-7-15(3,8-6-14)12(25)9-13(26)16(4,10-17(19,20)21)11-18(22,23)24/h9,26H,5-8,10-11H2,1-4H3/b13-9-. The van der Waals surface area contributed by atoms with Crippen molar-refractivity contribution in [3.8, 4) is 0 Å². The van der Waals surface area contributed by atoms with Gasteiger partial charge in [-0.1, -0.05) is 27.7 Å². The predicted molar refractivity (Wildman–Crippen MR) is 85.5 cm³/mol. The van der Waals surface area contributed by atoms with E-state index in [0.29, 0.717) is 38.7 Å². The topological polar surface area (TPSA) is 37.3 Å². The SMILES string of the molecule is CC1(C)CCC(C)(C(=O)/C=C(\O)C(C)(CC(F)(F)F)CC(F)(F)F)CC1. The number of rotatable bonds is 5. The summed E-state index contributed by atoms with van der Waals surface area (Å²) in [7, 11) is 0. The van der Waals surface area contributed by atoms with Crippen molar-refractivity contribution in [2.75, 3.05) is 0 Å². The number of hydrogen-bond acceptors (Lipinski definition) is 2. The van der Waals surface area contributed by atoms with Crippen molar-refractivity contribution in [2.24, 2.45) is 16.2 Å². The fraction of sp³-hybridized carbons (Fsp3) is 0.833. The van der Waals surface area contributed by atoms with E-state index in [1.54, 1.807) is 6.92 Å². The molecule has 1 N–H and O–H groups in total. The van der Waals surface area contributed by atoms with Crippen LogP contribution in [0.5, 0.6) is 0 Å². The van der Waals surface area contributed by atoms with Crippen molar-refractivity contribution in [2.45, 2.75) is 78.6 Å². The second-order valence-corrected chi connectivity index (χ2v) is 8.76. The molecule has 1 aliphatic carbocycles. The minimum Gasteiger partial charge on any atom is -0.512 e. The number of aliphatic hydroxyl groups excluding tert-OH is 1. The summed E-state index contributed by atoms with van der Waals surface area (Å²) in [6, 6.07) is 0. The van der Waals surface area contributed by atoms with Crippen LogP contribution in [-0.2, 0) is 4.79 Å². The Morgan fingerprint density at radius 3 is 1.65 bits per heavy atom. The van der Waals surface area contributed by atoms with Crippen molar-refractivity contribution in [3.05, 3.63) is 11.8 Å². The Bertz CT molecular complexity index is 531. The molecule has 1 fully saturated rings. The number of allylic oxidation sites excluding steroid dienone is 2. The molecule has 0 aromatic heterocycles. The highest BCUT2D eigenvalue weighted by Crippen LogP contribution is 2.48. The fourth-order valence-electron chi connectivity index (χ4n) is 3.33. The first-order valence-corrected chi connectivity index (χ1v) is 8.47. The fourth-order valence-corrected chi connectivity index (χ4v) is 3.33. The third kappa shape index (κ3) is 6.50. The first-order chi connectivity index (χ1) is 11.4. The summed E-state index contributed by atoms with van der Waals surface area (Å²) in [5, 5.41) is 10.1. The van der Waals surface area contributed by atoms with E-state index in [1.807, 2.05) is 13.8 Å². The van der Waals surface area contributed by atoms with E-state index in [1.165, 1.54) is 0 Å². The highest BCUT2D eigenvalue weighted by molar-refractivity contribution is 5.95. The van der Waals surface area contributed by atoms with Crippen LogP contribution in [0.1, 0.15) is 66.2 Å². The Balaban J connectivity index is 3.09. The number of alkyl halides is 6. The molecule has 0 radical (unpaired) electrons. The average molecular weight is 388 g/mol. The molecule has 0 saturated heterocycles. The lowest BCUT2D eigenvalue weighted by Crippen LogP contribution is -2.36. The van der Waals surface area contributed by atoms with Crippen molar-refractivity contribution in [1.82, 2.24) is 0 Å². The van der Waals surface area contributed by atoms with Gasteiger partial charge in [0.15, 0.2) is 5.78 Å². The summed E-state index contributed by atoms with van der Waals surface area (Å²) in [5.74, 6) is -1.79. The van der Waals surface area contributed by atoms with Crippen LogP contribution in [0, 0.1) is 16.2 Å². The second kappa shape index (κ2) is 7.08. The molecule has 2 nitrogen and oxygen atoms in total. The summed E-state index contributed by atoms with van der Waals surface area (Å²) >= 11 is 0. The molecule has 26 heavy (non-hydrogen) atoms. The van der Waals surface area contributed by atoms with Crippen LogP contribution in [0.2, 0.25) is 0 Å². The van der Waals surface area contributed by atoms with E-state index in [-0.39, 0.29) is 5.41 Å². The molecule has 8 heteroatoms. The Labute approximate surface area is 149 Å². The van der Waals surface area contributed by atoms with Crippen LogP contribution in [0.15, 0.2) is 11.8 Å². The van der Waals surface area contributed by atoms with Crippen LogP contribution >= 0.6 is 0 Å². The molecule has 0 unspecified atom stereocenters. The zero-order valence-corrected chi connectivity index (χ0v) is 15.4. The van der Waals surface area contributed by atoms with Gasteiger partial charge in [-0.05, 0) is 31.1 Å². The normalized spacial score (nSPS) is 21.5. The van der Waals surface area contributed by atoms with Gasteiger partial charge in [-0.15, -0.1) is 0 Å². The van der Waals surface area contributed by atoms with Gasteiger partial charge in [0.1, 0.15) is 5.76 Å². The summed E-state index contributed by atoms with van der Waals surface area (Å²) in [5.41, 5.74) is -3.48. The van der Waals surface area contributed by atoms with Gasteiger partial charge in [-0.2, -0.15) is 26.3 Å². The van der Waals surface area contributed by atoms with Crippen molar-refractivity contribution in [1.29, 1.82) is 0 Å². The molecule has 0 amide bonds. The lowest BCUT2D eigenvalue weighted by atomic mass is 9.64. The minimum atomic E-state index is -4.91. The Hall–Kier alpha value is -1.21. The molecule has 152 valence electrons. The summed E-state index contributed by atoms with van der Waals surface area (Å²) < 4.78 is 76.5. The van der Waals surface area contributed by atoms with E-state index in [0.717, 1.165) is 0 Å². The van der Waals surface area contributed by atoms with Crippen molar-refractivity contribution >= 4 is 5.78 Å². The molecule has 1 rings (SSSR count). The molecule has 0 heterocycles. The molecule has 0 aliphatic heterocycles. The third-order valence-electron chi connectivity index (χ3n) is 5.37. The largest absolute Gasteiger partial charge is 0.512 e. The lowest BCUT2D eigenvalue weighted by molar-refractivity contribution is -0.190. The van der Waals surface area contributed by atoms with Gasteiger partial charge in [0, 0.05) is 16.9 Å². The highest BCUT2D eigenvalue weighted by Gasteiger charge is 2.49. The molecule has 0 atom stereocenters. The zero-order valence-electron chi connectivity index (χ0n) is 15.4. The number of ketones is 1. The first-order valence-electron chi connectivity index (χ1n) is 8.47. The molecular formula is C18H26F6O2. The maximum Gasteiger partial charge on any atom is 0.390 e. The van der Waals surface area contributed by atoms with Crippen molar-refractivity contribution < 1.29 is 36.2 Å². The Morgan fingerprint density at radius 2 is 1.31 bits per heavy atom. The molecule has 0 spiro atoms.